The van der Waals surface area contributed by atoms with Crippen molar-refractivity contribution in [2.75, 3.05) is 5.32 Å². The zero-order chi connectivity index (χ0) is 18.0. The van der Waals surface area contributed by atoms with Crippen LogP contribution in [-0.2, 0) is 10.2 Å². The van der Waals surface area contributed by atoms with Gasteiger partial charge < -0.3 is 5.32 Å². The van der Waals surface area contributed by atoms with Crippen LogP contribution in [-0.4, -0.2) is 5.91 Å². The third-order valence-corrected chi connectivity index (χ3v) is 5.14. The fourth-order valence-corrected chi connectivity index (χ4v) is 3.71. The molecule has 26 heavy (non-hydrogen) atoms. The van der Waals surface area contributed by atoms with Crippen molar-refractivity contribution >= 4 is 11.6 Å². The van der Waals surface area contributed by atoms with E-state index < -0.39 is 0 Å². The summed E-state index contributed by atoms with van der Waals surface area (Å²) in [5.41, 5.74) is 3.38. The molecule has 126 valence electrons. The van der Waals surface area contributed by atoms with Gasteiger partial charge in [-0.1, -0.05) is 60.7 Å². The molecule has 3 heteroatoms. The molecule has 1 saturated carbocycles. The van der Waals surface area contributed by atoms with Crippen molar-refractivity contribution in [3.05, 3.63) is 102 Å². The summed E-state index contributed by atoms with van der Waals surface area (Å²) in [7, 11) is 0. The molecule has 1 N–H and O–H groups in total. The van der Waals surface area contributed by atoms with Crippen LogP contribution in [0.5, 0.6) is 0 Å². The second kappa shape index (κ2) is 6.50. The Labute approximate surface area is 152 Å². The smallest absolute Gasteiger partial charge is 0.228 e. The summed E-state index contributed by atoms with van der Waals surface area (Å²) in [6.45, 7) is 0. The van der Waals surface area contributed by atoms with Crippen molar-refractivity contribution < 1.29 is 4.79 Å². The summed E-state index contributed by atoms with van der Waals surface area (Å²) < 4.78 is 0. The van der Waals surface area contributed by atoms with E-state index in [1.165, 1.54) is 11.1 Å². The molecule has 1 aliphatic rings. The van der Waals surface area contributed by atoms with Crippen LogP contribution in [0.25, 0.3) is 0 Å². The molecular formula is C23H18N2O. The van der Waals surface area contributed by atoms with Gasteiger partial charge >= 0.3 is 0 Å². The van der Waals surface area contributed by atoms with E-state index in [0.29, 0.717) is 5.56 Å². The van der Waals surface area contributed by atoms with Gasteiger partial charge in [0.2, 0.25) is 5.91 Å². The fraction of sp³-hybridized carbons (Fsp3) is 0.130. The summed E-state index contributed by atoms with van der Waals surface area (Å²) >= 11 is 0. The normalized spacial score (nSPS) is 17.1. The van der Waals surface area contributed by atoms with Crippen LogP contribution in [0.15, 0.2) is 84.9 Å². The minimum Gasteiger partial charge on any atom is -0.326 e. The van der Waals surface area contributed by atoms with E-state index in [9.17, 15) is 4.79 Å². The van der Waals surface area contributed by atoms with Gasteiger partial charge in [-0.15, -0.1) is 0 Å². The van der Waals surface area contributed by atoms with E-state index in [1.54, 1.807) is 24.3 Å². The molecule has 4 rings (SSSR count). The number of carbonyl (C=O) groups is 1. The van der Waals surface area contributed by atoms with Crippen LogP contribution in [0.2, 0.25) is 0 Å². The SMILES string of the molecule is N#Cc1ccc(NC(=O)[C@H]2CC2(c2ccccc2)c2ccccc2)cc1. The average Bonchev–Trinajstić information content (AvgIpc) is 3.47. The highest BCUT2D eigenvalue weighted by molar-refractivity contribution is 5.97. The molecule has 1 aliphatic carbocycles. The highest BCUT2D eigenvalue weighted by Gasteiger charge is 2.60. The van der Waals surface area contributed by atoms with E-state index >= 15 is 0 Å². The molecule has 0 unspecified atom stereocenters. The lowest BCUT2D eigenvalue weighted by Gasteiger charge is -2.19. The van der Waals surface area contributed by atoms with Gasteiger partial charge in [0.25, 0.3) is 0 Å². The highest BCUT2D eigenvalue weighted by Crippen LogP contribution is 2.59. The van der Waals surface area contributed by atoms with Crippen molar-refractivity contribution in [3.63, 3.8) is 0 Å². The Hall–Kier alpha value is -3.38. The Morgan fingerprint density at radius 3 is 1.92 bits per heavy atom. The lowest BCUT2D eigenvalue weighted by molar-refractivity contribution is -0.117. The quantitative estimate of drug-likeness (QED) is 0.761. The van der Waals surface area contributed by atoms with E-state index in [1.807, 2.05) is 36.4 Å². The van der Waals surface area contributed by atoms with Crippen LogP contribution in [0.1, 0.15) is 23.1 Å². The van der Waals surface area contributed by atoms with Crippen molar-refractivity contribution in [2.24, 2.45) is 5.92 Å². The molecule has 1 amide bonds. The average molecular weight is 338 g/mol. The maximum Gasteiger partial charge on any atom is 0.228 e. The molecule has 0 saturated heterocycles. The van der Waals surface area contributed by atoms with Gasteiger partial charge in [0.05, 0.1) is 17.6 Å². The lowest BCUT2D eigenvalue weighted by Crippen LogP contribution is -2.22. The largest absolute Gasteiger partial charge is 0.326 e. The molecule has 0 heterocycles. The van der Waals surface area contributed by atoms with Gasteiger partial charge in [-0.2, -0.15) is 5.26 Å². The standard InChI is InChI=1S/C23H18N2O/c24-16-17-11-13-20(14-12-17)25-22(26)21-15-23(21,18-7-3-1-4-8-18)19-9-5-2-6-10-19/h1-14,21H,15H2,(H,25,26)/t21-/m1/s1. The van der Waals surface area contributed by atoms with Crippen LogP contribution in [0, 0.1) is 17.2 Å². The second-order valence-corrected chi connectivity index (χ2v) is 6.64. The van der Waals surface area contributed by atoms with E-state index in [0.717, 1.165) is 12.1 Å². The third kappa shape index (κ3) is 2.76. The van der Waals surface area contributed by atoms with E-state index in [-0.39, 0.29) is 17.2 Å². The van der Waals surface area contributed by atoms with Crippen molar-refractivity contribution in [2.45, 2.75) is 11.8 Å². The maximum atomic E-state index is 12.9. The molecule has 1 atom stereocenters. The Bertz CT molecular complexity index is 917. The molecule has 0 radical (unpaired) electrons. The van der Waals surface area contributed by atoms with Crippen molar-refractivity contribution in [1.82, 2.24) is 0 Å². The predicted octanol–water partition coefficient (Wildman–Crippen LogP) is 4.50. The minimum atomic E-state index is -0.265. The monoisotopic (exact) mass is 338 g/mol. The number of nitrogens with zero attached hydrogens (tertiary/aromatic N) is 1. The summed E-state index contributed by atoms with van der Waals surface area (Å²) in [5.74, 6) is -0.0923. The van der Waals surface area contributed by atoms with Gasteiger partial charge in [-0.25, -0.2) is 0 Å². The van der Waals surface area contributed by atoms with Gasteiger partial charge in [-0.05, 0) is 41.8 Å². The summed E-state index contributed by atoms with van der Waals surface area (Å²) in [4.78, 5) is 12.9. The second-order valence-electron chi connectivity index (χ2n) is 6.64. The zero-order valence-corrected chi connectivity index (χ0v) is 14.2. The molecule has 0 bridgehead atoms. The first-order valence-corrected chi connectivity index (χ1v) is 8.66. The highest BCUT2D eigenvalue weighted by atomic mass is 16.2. The number of hydrogen-bond acceptors (Lipinski definition) is 2. The number of nitrogens with one attached hydrogen (secondary N) is 1. The molecule has 0 spiro atoms. The molecule has 1 fully saturated rings. The van der Waals surface area contributed by atoms with Gasteiger partial charge in [0.15, 0.2) is 0 Å². The first-order chi connectivity index (χ1) is 12.7. The zero-order valence-electron chi connectivity index (χ0n) is 14.2. The van der Waals surface area contributed by atoms with Crippen LogP contribution in [0.4, 0.5) is 5.69 Å². The molecule has 0 aromatic heterocycles. The number of amides is 1. The first-order valence-electron chi connectivity index (χ1n) is 8.66. The Morgan fingerprint density at radius 1 is 0.885 bits per heavy atom. The van der Waals surface area contributed by atoms with Crippen molar-refractivity contribution in [3.8, 4) is 6.07 Å². The van der Waals surface area contributed by atoms with Crippen LogP contribution >= 0.6 is 0 Å². The topological polar surface area (TPSA) is 52.9 Å². The number of carbonyl (C=O) groups excluding carboxylic acids is 1. The number of hydrogen-bond donors (Lipinski definition) is 1. The number of anilines is 1. The maximum absolute atomic E-state index is 12.9. The summed E-state index contributed by atoms with van der Waals surface area (Å²) in [6.07, 6.45) is 0.795. The van der Waals surface area contributed by atoms with Gasteiger partial charge in [0, 0.05) is 11.1 Å². The Kier molecular flexibility index (Phi) is 4.02. The number of benzene rings is 3. The molecule has 3 nitrogen and oxygen atoms in total. The van der Waals surface area contributed by atoms with E-state index in [4.69, 9.17) is 5.26 Å². The van der Waals surface area contributed by atoms with Crippen molar-refractivity contribution in [1.29, 1.82) is 5.26 Å². The van der Waals surface area contributed by atoms with Crippen LogP contribution in [0.3, 0.4) is 0 Å². The van der Waals surface area contributed by atoms with Crippen LogP contribution < -0.4 is 5.32 Å². The van der Waals surface area contributed by atoms with Gasteiger partial charge in [0.1, 0.15) is 0 Å². The third-order valence-electron chi connectivity index (χ3n) is 5.14. The van der Waals surface area contributed by atoms with E-state index in [2.05, 4.69) is 35.7 Å². The molecule has 3 aromatic carbocycles. The number of rotatable bonds is 4. The number of nitriles is 1. The molecular weight excluding hydrogens is 320 g/mol. The fourth-order valence-electron chi connectivity index (χ4n) is 3.71. The lowest BCUT2D eigenvalue weighted by atomic mass is 9.85. The minimum absolute atomic E-state index is 0.0161. The summed E-state index contributed by atoms with van der Waals surface area (Å²) in [5, 5.41) is 11.9. The molecule has 0 aliphatic heterocycles. The summed E-state index contributed by atoms with van der Waals surface area (Å²) in [6, 6.07) is 29.5. The van der Waals surface area contributed by atoms with Gasteiger partial charge in [-0.3, -0.25) is 4.79 Å². The first kappa shape index (κ1) is 16.1. The Morgan fingerprint density at radius 2 is 1.42 bits per heavy atom. The predicted molar refractivity (Wildman–Crippen MR) is 102 cm³/mol. The Balaban J connectivity index is 1.62. The molecule has 3 aromatic rings.